The van der Waals surface area contributed by atoms with Gasteiger partial charge in [0.1, 0.15) is 12.1 Å². The quantitative estimate of drug-likeness (QED) is 0.278. The van der Waals surface area contributed by atoms with Crippen LogP contribution in [0.4, 0.5) is 0 Å². The summed E-state index contributed by atoms with van der Waals surface area (Å²) >= 11 is 3.78. The standard InChI is InChI=1S/C12H21N3O6S/c1-5(2)9(13)11(19)14-6(3-8(16)17)10(18)15-7(4-22)12(20)21/h5-7,9,22H,3-4,13H2,1-2H3,(H,14,19)(H,15,18)(H,16,17)(H,20,21). The zero-order chi connectivity index (χ0) is 17.4. The van der Waals surface area contributed by atoms with Crippen LogP contribution in [0, 0.1) is 5.92 Å². The Morgan fingerprint density at radius 1 is 1.05 bits per heavy atom. The van der Waals surface area contributed by atoms with E-state index in [-0.39, 0.29) is 11.7 Å². The number of carbonyl (C=O) groups excluding carboxylic acids is 2. The number of carbonyl (C=O) groups is 4. The topological polar surface area (TPSA) is 159 Å². The average molecular weight is 335 g/mol. The summed E-state index contributed by atoms with van der Waals surface area (Å²) in [4.78, 5) is 45.4. The number of amides is 2. The van der Waals surface area contributed by atoms with Crippen molar-refractivity contribution < 1.29 is 29.4 Å². The van der Waals surface area contributed by atoms with Gasteiger partial charge < -0.3 is 26.6 Å². The molecule has 6 N–H and O–H groups in total. The van der Waals surface area contributed by atoms with Crippen molar-refractivity contribution in [2.75, 3.05) is 5.75 Å². The highest BCUT2D eigenvalue weighted by molar-refractivity contribution is 7.80. The van der Waals surface area contributed by atoms with Crippen LogP contribution in [0.15, 0.2) is 0 Å². The Balaban J connectivity index is 4.97. The molecule has 3 atom stereocenters. The van der Waals surface area contributed by atoms with E-state index < -0.39 is 48.3 Å². The Labute approximate surface area is 133 Å². The number of aliphatic carboxylic acids is 2. The Bertz CT molecular complexity index is 443. The molecule has 9 nitrogen and oxygen atoms in total. The fraction of sp³-hybridized carbons (Fsp3) is 0.667. The summed E-state index contributed by atoms with van der Waals surface area (Å²) in [5.41, 5.74) is 5.62. The third-order valence-corrected chi connectivity index (χ3v) is 3.20. The van der Waals surface area contributed by atoms with E-state index in [1.165, 1.54) is 0 Å². The second kappa shape index (κ2) is 9.26. The molecular weight excluding hydrogens is 314 g/mol. The molecule has 0 radical (unpaired) electrons. The molecule has 0 aliphatic rings. The van der Waals surface area contributed by atoms with Crippen molar-refractivity contribution in [3.63, 3.8) is 0 Å². The van der Waals surface area contributed by atoms with E-state index in [1.54, 1.807) is 13.8 Å². The van der Waals surface area contributed by atoms with Crippen LogP contribution in [0.1, 0.15) is 20.3 Å². The van der Waals surface area contributed by atoms with Crippen LogP contribution in [0.5, 0.6) is 0 Å². The number of thiol groups is 1. The summed E-state index contributed by atoms with van der Waals surface area (Å²) < 4.78 is 0. The summed E-state index contributed by atoms with van der Waals surface area (Å²) in [6.07, 6.45) is -0.693. The van der Waals surface area contributed by atoms with E-state index >= 15 is 0 Å². The van der Waals surface area contributed by atoms with Crippen molar-refractivity contribution in [3.8, 4) is 0 Å². The summed E-state index contributed by atoms with van der Waals surface area (Å²) in [7, 11) is 0. The predicted molar refractivity (Wildman–Crippen MR) is 80.4 cm³/mol. The minimum Gasteiger partial charge on any atom is -0.481 e. The summed E-state index contributed by atoms with van der Waals surface area (Å²) in [5.74, 6) is -4.64. The average Bonchev–Trinajstić information content (AvgIpc) is 2.41. The van der Waals surface area contributed by atoms with Crippen LogP contribution in [0.2, 0.25) is 0 Å². The van der Waals surface area contributed by atoms with Crippen LogP contribution in [-0.4, -0.2) is 57.8 Å². The second-order valence-electron chi connectivity index (χ2n) is 5.01. The molecule has 126 valence electrons. The molecule has 2 amide bonds. The summed E-state index contributed by atoms with van der Waals surface area (Å²) in [5, 5.41) is 22.0. The van der Waals surface area contributed by atoms with Crippen LogP contribution in [0.25, 0.3) is 0 Å². The van der Waals surface area contributed by atoms with Gasteiger partial charge in [-0.25, -0.2) is 4.79 Å². The first-order chi connectivity index (χ1) is 10.1. The molecule has 0 aromatic carbocycles. The Morgan fingerprint density at radius 2 is 1.55 bits per heavy atom. The number of hydrogen-bond donors (Lipinski definition) is 6. The van der Waals surface area contributed by atoms with E-state index in [0.29, 0.717) is 0 Å². The molecule has 0 aromatic rings. The van der Waals surface area contributed by atoms with Crippen molar-refractivity contribution >= 4 is 36.4 Å². The fourth-order valence-corrected chi connectivity index (χ4v) is 1.66. The first kappa shape index (κ1) is 20.2. The van der Waals surface area contributed by atoms with Gasteiger partial charge in [0.05, 0.1) is 12.5 Å². The molecule has 0 aromatic heterocycles. The van der Waals surface area contributed by atoms with E-state index in [9.17, 15) is 19.2 Å². The molecule has 0 saturated carbocycles. The third-order valence-electron chi connectivity index (χ3n) is 2.83. The number of rotatable bonds is 9. The molecule has 3 unspecified atom stereocenters. The lowest BCUT2D eigenvalue weighted by atomic mass is 10.0. The van der Waals surface area contributed by atoms with Crippen molar-refractivity contribution in [1.82, 2.24) is 10.6 Å². The maximum atomic E-state index is 12.0. The normalized spacial score (nSPS) is 14.8. The van der Waals surface area contributed by atoms with Crippen LogP contribution in [0.3, 0.4) is 0 Å². The van der Waals surface area contributed by atoms with E-state index in [1.807, 2.05) is 0 Å². The van der Waals surface area contributed by atoms with Gasteiger partial charge in [-0.1, -0.05) is 13.8 Å². The third kappa shape index (κ3) is 6.76. The highest BCUT2D eigenvalue weighted by Gasteiger charge is 2.29. The van der Waals surface area contributed by atoms with Gasteiger partial charge in [0.2, 0.25) is 11.8 Å². The first-order valence-electron chi connectivity index (χ1n) is 6.51. The minimum atomic E-state index is -1.42. The molecule has 22 heavy (non-hydrogen) atoms. The fourth-order valence-electron chi connectivity index (χ4n) is 1.41. The number of carboxylic acid groups (broad SMARTS) is 2. The summed E-state index contributed by atoms with van der Waals surface area (Å²) in [6, 6.07) is -3.62. The maximum Gasteiger partial charge on any atom is 0.327 e. The van der Waals surface area contributed by atoms with Crippen LogP contribution in [-0.2, 0) is 19.2 Å². The largest absolute Gasteiger partial charge is 0.481 e. The van der Waals surface area contributed by atoms with Crippen LogP contribution < -0.4 is 16.4 Å². The molecule has 10 heteroatoms. The number of hydrogen-bond acceptors (Lipinski definition) is 6. The highest BCUT2D eigenvalue weighted by atomic mass is 32.1. The van der Waals surface area contributed by atoms with Gasteiger partial charge in [-0.15, -0.1) is 0 Å². The number of carboxylic acids is 2. The number of nitrogens with two attached hydrogens (primary N) is 1. The smallest absolute Gasteiger partial charge is 0.327 e. The highest BCUT2D eigenvalue weighted by Crippen LogP contribution is 2.01. The second-order valence-corrected chi connectivity index (χ2v) is 5.38. The maximum absolute atomic E-state index is 12.0. The van der Waals surface area contributed by atoms with Crippen molar-refractivity contribution in [2.24, 2.45) is 11.7 Å². The molecule has 0 bridgehead atoms. The van der Waals surface area contributed by atoms with Gasteiger partial charge in [-0.3, -0.25) is 14.4 Å². The molecule has 0 spiro atoms. The monoisotopic (exact) mass is 335 g/mol. The molecule has 0 aliphatic carbocycles. The first-order valence-corrected chi connectivity index (χ1v) is 7.15. The zero-order valence-electron chi connectivity index (χ0n) is 12.3. The molecular formula is C12H21N3O6S. The van der Waals surface area contributed by atoms with Gasteiger partial charge in [-0.05, 0) is 5.92 Å². The van der Waals surface area contributed by atoms with Gasteiger partial charge in [0, 0.05) is 5.75 Å². The van der Waals surface area contributed by atoms with Crippen molar-refractivity contribution in [3.05, 3.63) is 0 Å². The van der Waals surface area contributed by atoms with E-state index in [2.05, 4.69) is 23.3 Å². The number of nitrogens with one attached hydrogen (secondary N) is 2. The molecule has 0 saturated heterocycles. The van der Waals surface area contributed by atoms with Gasteiger partial charge >= 0.3 is 11.9 Å². The molecule has 0 aliphatic heterocycles. The lowest BCUT2D eigenvalue weighted by molar-refractivity contribution is -0.143. The Hall–Kier alpha value is -1.81. The van der Waals surface area contributed by atoms with E-state index in [0.717, 1.165) is 0 Å². The predicted octanol–water partition coefficient (Wildman–Crippen LogP) is -1.57. The minimum absolute atomic E-state index is 0.180. The lowest BCUT2D eigenvalue weighted by Crippen LogP contribution is -2.56. The SMILES string of the molecule is CC(C)C(N)C(=O)NC(CC(=O)O)C(=O)NC(CS)C(=O)O. The molecule has 0 fully saturated rings. The Morgan fingerprint density at radius 3 is 1.91 bits per heavy atom. The van der Waals surface area contributed by atoms with Crippen molar-refractivity contribution in [1.29, 1.82) is 0 Å². The lowest BCUT2D eigenvalue weighted by Gasteiger charge is -2.22. The summed E-state index contributed by atoms with van der Waals surface area (Å²) in [6.45, 7) is 3.38. The molecule has 0 rings (SSSR count). The van der Waals surface area contributed by atoms with Gasteiger partial charge in [0.25, 0.3) is 0 Å². The van der Waals surface area contributed by atoms with Crippen molar-refractivity contribution in [2.45, 2.75) is 38.4 Å². The van der Waals surface area contributed by atoms with E-state index in [4.69, 9.17) is 15.9 Å². The Kier molecular flexibility index (Phi) is 8.50. The molecule has 0 heterocycles. The van der Waals surface area contributed by atoms with Crippen LogP contribution >= 0.6 is 12.6 Å². The zero-order valence-corrected chi connectivity index (χ0v) is 13.2. The van der Waals surface area contributed by atoms with Gasteiger partial charge in [-0.2, -0.15) is 12.6 Å². The van der Waals surface area contributed by atoms with Gasteiger partial charge in [0.15, 0.2) is 0 Å².